The average molecular weight is 376 g/mol. The number of carbonyl (C=O) groups is 1. The van der Waals surface area contributed by atoms with Crippen LogP contribution in [-0.4, -0.2) is 26.1 Å². The first-order valence-corrected chi connectivity index (χ1v) is 10.5. The second kappa shape index (κ2) is 8.81. The summed E-state index contributed by atoms with van der Waals surface area (Å²) in [5.41, 5.74) is -0.0853. The van der Waals surface area contributed by atoms with E-state index in [-0.39, 0.29) is 16.6 Å². The number of carbonyl (C=O) groups excluding carboxylic acids is 1. The summed E-state index contributed by atoms with van der Waals surface area (Å²) >= 11 is 5.86. The number of nitrogens with one attached hydrogen (secondary N) is 1. The van der Waals surface area contributed by atoms with Crippen LogP contribution in [0.1, 0.15) is 50.5 Å². The molecule has 24 heavy (non-hydrogen) atoms. The van der Waals surface area contributed by atoms with Gasteiger partial charge in [-0.05, 0) is 25.0 Å². The maximum absolute atomic E-state index is 13.7. The molecular formula is C17H23ClFNO3S. The molecule has 1 aliphatic carbocycles. The van der Waals surface area contributed by atoms with Crippen LogP contribution < -0.4 is 5.32 Å². The van der Waals surface area contributed by atoms with Crippen LogP contribution in [0, 0.1) is 5.82 Å². The van der Waals surface area contributed by atoms with Crippen molar-refractivity contribution in [3.05, 3.63) is 34.6 Å². The van der Waals surface area contributed by atoms with Crippen LogP contribution in [0.2, 0.25) is 5.02 Å². The third kappa shape index (κ3) is 6.06. The van der Waals surface area contributed by atoms with E-state index in [0.717, 1.165) is 44.6 Å². The molecule has 134 valence electrons. The highest BCUT2D eigenvalue weighted by Crippen LogP contribution is 2.22. The zero-order valence-corrected chi connectivity index (χ0v) is 15.1. The quantitative estimate of drug-likeness (QED) is 0.854. The molecule has 0 saturated heterocycles. The van der Waals surface area contributed by atoms with E-state index in [9.17, 15) is 17.6 Å². The Kier molecular flexibility index (Phi) is 7.04. The molecule has 0 spiro atoms. The van der Waals surface area contributed by atoms with Crippen LogP contribution in [0.25, 0.3) is 0 Å². The number of rotatable bonds is 5. The van der Waals surface area contributed by atoms with Gasteiger partial charge in [0.1, 0.15) is 11.6 Å². The lowest BCUT2D eigenvalue weighted by Crippen LogP contribution is -2.39. The third-order valence-electron chi connectivity index (χ3n) is 4.25. The standard InChI is InChI=1S/C17H23ClFNO3S/c18-15-9-6-10-16(19)14(15)11-24(22,23)12-17(21)20-13-7-4-2-1-3-5-8-13/h6,9-10,13H,1-5,7-8,11-12H2,(H,20,21). The molecule has 1 N–H and O–H groups in total. The van der Waals surface area contributed by atoms with Crippen molar-refractivity contribution in [1.29, 1.82) is 0 Å². The van der Waals surface area contributed by atoms with Crippen molar-refractivity contribution < 1.29 is 17.6 Å². The number of hydrogen-bond acceptors (Lipinski definition) is 3. The van der Waals surface area contributed by atoms with Crippen molar-refractivity contribution in [2.45, 2.75) is 56.7 Å². The molecule has 0 atom stereocenters. The predicted octanol–water partition coefficient (Wildman–Crippen LogP) is 3.62. The Morgan fingerprint density at radius 1 is 1.17 bits per heavy atom. The summed E-state index contributed by atoms with van der Waals surface area (Å²) in [6.45, 7) is 0. The molecule has 0 radical (unpaired) electrons. The van der Waals surface area contributed by atoms with Gasteiger partial charge < -0.3 is 5.32 Å². The van der Waals surface area contributed by atoms with Gasteiger partial charge in [0, 0.05) is 16.6 Å². The predicted molar refractivity (Wildman–Crippen MR) is 93.2 cm³/mol. The van der Waals surface area contributed by atoms with E-state index in [2.05, 4.69) is 5.32 Å². The van der Waals surface area contributed by atoms with E-state index in [0.29, 0.717) is 0 Å². The fourth-order valence-corrected chi connectivity index (χ4v) is 4.64. The van der Waals surface area contributed by atoms with E-state index in [1.165, 1.54) is 18.6 Å². The number of sulfone groups is 1. The van der Waals surface area contributed by atoms with Gasteiger partial charge >= 0.3 is 0 Å². The zero-order chi connectivity index (χ0) is 17.6. The molecule has 0 aliphatic heterocycles. The number of amides is 1. The van der Waals surface area contributed by atoms with E-state index < -0.39 is 33.1 Å². The fraction of sp³-hybridized carbons (Fsp3) is 0.588. The molecule has 1 amide bonds. The summed E-state index contributed by atoms with van der Waals surface area (Å²) in [6.07, 6.45) is 7.37. The SMILES string of the molecule is O=C(CS(=O)(=O)Cc1c(F)cccc1Cl)NC1CCCCCCC1. The molecule has 0 aromatic heterocycles. The molecule has 0 heterocycles. The summed E-state index contributed by atoms with van der Waals surface area (Å²) in [5.74, 6) is -2.41. The van der Waals surface area contributed by atoms with Crippen molar-refractivity contribution in [3.63, 3.8) is 0 Å². The molecule has 0 unspecified atom stereocenters. The van der Waals surface area contributed by atoms with Gasteiger partial charge in [0.15, 0.2) is 9.84 Å². The van der Waals surface area contributed by atoms with Gasteiger partial charge in [-0.2, -0.15) is 0 Å². The Morgan fingerprint density at radius 3 is 2.42 bits per heavy atom. The first-order chi connectivity index (χ1) is 11.4. The zero-order valence-electron chi connectivity index (χ0n) is 13.6. The molecule has 1 aromatic carbocycles. The first kappa shape index (κ1) is 19.2. The van der Waals surface area contributed by atoms with Gasteiger partial charge in [0.25, 0.3) is 0 Å². The summed E-state index contributed by atoms with van der Waals surface area (Å²) in [7, 11) is -3.78. The van der Waals surface area contributed by atoms with E-state index in [1.807, 2.05) is 0 Å². The molecule has 1 saturated carbocycles. The van der Waals surface area contributed by atoms with Crippen molar-refractivity contribution in [2.24, 2.45) is 0 Å². The Labute approximate surface area is 147 Å². The number of hydrogen-bond donors (Lipinski definition) is 1. The molecule has 7 heteroatoms. The second-order valence-electron chi connectivity index (χ2n) is 6.34. The highest BCUT2D eigenvalue weighted by atomic mass is 35.5. The third-order valence-corrected chi connectivity index (χ3v) is 6.03. The van der Waals surface area contributed by atoms with Gasteiger partial charge in [0.2, 0.25) is 5.91 Å². The maximum atomic E-state index is 13.7. The molecule has 0 bridgehead atoms. The van der Waals surface area contributed by atoms with Gasteiger partial charge in [-0.15, -0.1) is 0 Å². The monoisotopic (exact) mass is 375 g/mol. The molecule has 2 rings (SSSR count). The van der Waals surface area contributed by atoms with Gasteiger partial charge in [0.05, 0.1) is 5.75 Å². The molecule has 1 fully saturated rings. The van der Waals surface area contributed by atoms with Crippen LogP contribution in [0.5, 0.6) is 0 Å². The lowest BCUT2D eigenvalue weighted by molar-refractivity contribution is -0.119. The largest absolute Gasteiger partial charge is 0.352 e. The van der Waals surface area contributed by atoms with Crippen molar-refractivity contribution in [2.75, 3.05) is 5.75 Å². The van der Waals surface area contributed by atoms with Gasteiger partial charge in [-0.25, -0.2) is 12.8 Å². The normalized spacial score (nSPS) is 17.1. The topological polar surface area (TPSA) is 63.2 Å². The molecule has 4 nitrogen and oxygen atoms in total. The van der Waals surface area contributed by atoms with Crippen molar-refractivity contribution in [1.82, 2.24) is 5.32 Å². The lowest BCUT2D eigenvalue weighted by atomic mass is 9.97. The summed E-state index contributed by atoms with van der Waals surface area (Å²) in [4.78, 5) is 12.1. The Bertz CT molecular complexity index is 650. The highest BCUT2D eigenvalue weighted by Gasteiger charge is 2.23. The Morgan fingerprint density at radius 2 is 1.79 bits per heavy atom. The highest BCUT2D eigenvalue weighted by molar-refractivity contribution is 7.91. The smallest absolute Gasteiger partial charge is 0.235 e. The molecular weight excluding hydrogens is 353 g/mol. The number of halogens is 2. The molecule has 1 aromatic rings. The fourth-order valence-electron chi connectivity index (χ4n) is 3.01. The Hall–Kier alpha value is -1.14. The minimum atomic E-state index is -3.78. The van der Waals surface area contributed by atoms with Gasteiger partial charge in [-0.3, -0.25) is 4.79 Å². The minimum absolute atomic E-state index is 0.0325. The first-order valence-electron chi connectivity index (χ1n) is 8.30. The van der Waals surface area contributed by atoms with Crippen LogP contribution in [0.3, 0.4) is 0 Å². The van der Waals surface area contributed by atoms with Crippen LogP contribution in [0.4, 0.5) is 4.39 Å². The van der Waals surface area contributed by atoms with Crippen LogP contribution in [0.15, 0.2) is 18.2 Å². The van der Waals surface area contributed by atoms with E-state index >= 15 is 0 Å². The second-order valence-corrected chi connectivity index (χ2v) is 8.81. The summed E-state index contributed by atoms with van der Waals surface area (Å²) in [5, 5.41) is 2.87. The van der Waals surface area contributed by atoms with Gasteiger partial charge in [-0.1, -0.05) is 49.8 Å². The average Bonchev–Trinajstić information content (AvgIpc) is 2.45. The van der Waals surface area contributed by atoms with Crippen molar-refractivity contribution >= 4 is 27.3 Å². The summed E-state index contributed by atoms with van der Waals surface area (Å²) in [6, 6.07) is 4.04. The Balaban J connectivity index is 1.94. The van der Waals surface area contributed by atoms with E-state index in [4.69, 9.17) is 11.6 Å². The van der Waals surface area contributed by atoms with Crippen LogP contribution in [-0.2, 0) is 20.4 Å². The minimum Gasteiger partial charge on any atom is -0.352 e. The maximum Gasteiger partial charge on any atom is 0.235 e. The lowest BCUT2D eigenvalue weighted by Gasteiger charge is -2.21. The molecule has 1 aliphatic rings. The number of benzene rings is 1. The van der Waals surface area contributed by atoms with Crippen molar-refractivity contribution in [3.8, 4) is 0 Å². The summed E-state index contributed by atoms with van der Waals surface area (Å²) < 4.78 is 38.1. The van der Waals surface area contributed by atoms with E-state index in [1.54, 1.807) is 0 Å². The van der Waals surface area contributed by atoms with Crippen LogP contribution >= 0.6 is 11.6 Å².